The minimum Gasteiger partial charge on any atom is -0.345 e. The second-order valence-electron chi connectivity index (χ2n) is 5.77. The second kappa shape index (κ2) is 6.78. The van der Waals surface area contributed by atoms with E-state index in [1.54, 1.807) is 0 Å². The van der Waals surface area contributed by atoms with Gasteiger partial charge in [-0.3, -0.25) is 4.79 Å². The fourth-order valence-electron chi connectivity index (χ4n) is 2.83. The van der Waals surface area contributed by atoms with E-state index < -0.39 is 17.8 Å². The molecule has 1 amide bonds. The molecule has 3 rings (SSSR count). The number of alkyl halides is 3. The zero-order valence-electron chi connectivity index (χ0n) is 14.3. The SMILES string of the molecule is CCn1c(CNC(=O)c2ccc(C(F)(F)F)nc2C)nc2ccccc21. The van der Waals surface area contributed by atoms with Gasteiger partial charge in [0.25, 0.3) is 5.91 Å². The molecule has 0 aliphatic carbocycles. The molecule has 0 fully saturated rings. The van der Waals surface area contributed by atoms with Crippen LogP contribution in [0.1, 0.15) is 34.5 Å². The monoisotopic (exact) mass is 362 g/mol. The summed E-state index contributed by atoms with van der Waals surface area (Å²) in [5, 5.41) is 2.71. The third-order valence-corrected chi connectivity index (χ3v) is 4.08. The maximum absolute atomic E-state index is 12.7. The maximum atomic E-state index is 12.7. The summed E-state index contributed by atoms with van der Waals surface area (Å²) in [6.45, 7) is 4.21. The van der Waals surface area contributed by atoms with Crippen LogP contribution in [0.25, 0.3) is 11.0 Å². The number of para-hydroxylation sites is 2. The number of hydrogen-bond acceptors (Lipinski definition) is 3. The number of carbonyl (C=O) groups is 1. The summed E-state index contributed by atoms with van der Waals surface area (Å²) in [6, 6.07) is 9.58. The van der Waals surface area contributed by atoms with E-state index in [-0.39, 0.29) is 17.8 Å². The van der Waals surface area contributed by atoms with Crippen molar-refractivity contribution in [2.24, 2.45) is 0 Å². The molecule has 1 N–H and O–H groups in total. The van der Waals surface area contributed by atoms with Crippen LogP contribution in [0, 0.1) is 6.92 Å². The first-order chi connectivity index (χ1) is 12.3. The van der Waals surface area contributed by atoms with Gasteiger partial charge < -0.3 is 9.88 Å². The number of rotatable bonds is 4. The summed E-state index contributed by atoms with van der Waals surface area (Å²) in [4.78, 5) is 20.3. The van der Waals surface area contributed by atoms with Gasteiger partial charge in [0.1, 0.15) is 11.5 Å². The molecule has 136 valence electrons. The van der Waals surface area contributed by atoms with Gasteiger partial charge in [0.15, 0.2) is 0 Å². The quantitative estimate of drug-likeness (QED) is 0.770. The average Bonchev–Trinajstić information content (AvgIpc) is 2.96. The van der Waals surface area contributed by atoms with Gasteiger partial charge in [0.2, 0.25) is 0 Å². The summed E-state index contributed by atoms with van der Waals surface area (Å²) >= 11 is 0. The molecular weight excluding hydrogens is 345 g/mol. The van der Waals surface area contributed by atoms with Gasteiger partial charge in [-0.2, -0.15) is 13.2 Å². The molecule has 0 saturated heterocycles. The van der Waals surface area contributed by atoms with Gasteiger partial charge in [0, 0.05) is 6.54 Å². The van der Waals surface area contributed by atoms with Crippen molar-refractivity contribution in [3.63, 3.8) is 0 Å². The Labute approximate surface area is 147 Å². The van der Waals surface area contributed by atoms with Crippen LogP contribution < -0.4 is 5.32 Å². The second-order valence-corrected chi connectivity index (χ2v) is 5.77. The lowest BCUT2D eigenvalue weighted by Gasteiger charge is -2.11. The van der Waals surface area contributed by atoms with Crippen molar-refractivity contribution in [2.75, 3.05) is 0 Å². The number of halogens is 3. The summed E-state index contributed by atoms with van der Waals surface area (Å²) < 4.78 is 40.0. The van der Waals surface area contributed by atoms with E-state index in [1.807, 2.05) is 35.8 Å². The van der Waals surface area contributed by atoms with Gasteiger partial charge in [0.05, 0.1) is 28.8 Å². The Morgan fingerprint density at radius 3 is 2.54 bits per heavy atom. The maximum Gasteiger partial charge on any atom is 0.433 e. The topological polar surface area (TPSA) is 59.8 Å². The smallest absolute Gasteiger partial charge is 0.345 e. The van der Waals surface area contributed by atoms with Crippen molar-refractivity contribution >= 4 is 16.9 Å². The third-order valence-electron chi connectivity index (χ3n) is 4.08. The Hall–Kier alpha value is -2.90. The average molecular weight is 362 g/mol. The van der Waals surface area contributed by atoms with E-state index >= 15 is 0 Å². The number of fused-ring (bicyclic) bond motifs is 1. The highest BCUT2D eigenvalue weighted by molar-refractivity contribution is 5.95. The van der Waals surface area contributed by atoms with Crippen LogP contribution in [0.4, 0.5) is 13.2 Å². The van der Waals surface area contributed by atoms with Gasteiger partial charge in [-0.1, -0.05) is 12.1 Å². The molecule has 0 atom stereocenters. The first-order valence-corrected chi connectivity index (χ1v) is 8.08. The number of aromatic nitrogens is 3. The molecule has 3 aromatic rings. The highest BCUT2D eigenvalue weighted by Crippen LogP contribution is 2.28. The van der Waals surface area contributed by atoms with Crippen LogP contribution in [-0.4, -0.2) is 20.4 Å². The van der Waals surface area contributed by atoms with Gasteiger partial charge in [-0.15, -0.1) is 0 Å². The fraction of sp³-hybridized carbons (Fsp3) is 0.278. The lowest BCUT2D eigenvalue weighted by atomic mass is 10.1. The van der Waals surface area contributed by atoms with E-state index in [0.29, 0.717) is 12.4 Å². The molecule has 0 bridgehead atoms. The number of amides is 1. The van der Waals surface area contributed by atoms with E-state index in [9.17, 15) is 18.0 Å². The minimum absolute atomic E-state index is 0.0290. The molecule has 0 aliphatic rings. The molecule has 0 aliphatic heterocycles. The van der Waals surface area contributed by atoms with Crippen molar-refractivity contribution in [2.45, 2.75) is 33.1 Å². The molecule has 2 aromatic heterocycles. The summed E-state index contributed by atoms with van der Waals surface area (Å²) in [7, 11) is 0. The van der Waals surface area contributed by atoms with Crippen LogP contribution in [0.2, 0.25) is 0 Å². The largest absolute Gasteiger partial charge is 0.433 e. The zero-order chi connectivity index (χ0) is 18.9. The molecule has 0 saturated carbocycles. The third kappa shape index (κ3) is 3.40. The summed E-state index contributed by atoms with van der Waals surface area (Å²) in [6.07, 6.45) is -4.54. The lowest BCUT2D eigenvalue weighted by molar-refractivity contribution is -0.141. The van der Waals surface area contributed by atoms with Gasteiger partial charge in [-0.05, 0) is 38.1 Å². The number of nitrogens with zero attached hydrogens (tertiary/aromatic N) is 3. The number of hydrogen-bond donors (Lipinski definition) is 1. The summed E-state index contributed by atoms with van der Waals surface area (Å²) in [5.74, 6) is 0.193. The Kier molecular flexibility index (Phi) is 4.67. The Morgan fingerprint density at radius 1 is 1.15 bits per heavy atom. The number of pyridine rings is 1. The molecule has 0 spiro atoms. The number of carbonyl (C=O) groups excluding carboxylic acids is 1. The van der Waals surface area contributed by atoms with E-state index in [0.717, 1.165) is 23.2 Å². The molecule has 5 nitrogen and oxygen atoms in total. The van der Waals surface area contributed by atoms with Crippen LogP contribution in [0.3, 0.4) is 0 Å². The molecule has 2 heterocycles. The Balaban J connectivity index is 1.79. The predicted octanol–water partition coefficient (Wildman–Crippen LogP) is 3.71. The highest BCUT2D eigenvalue weighted by atomic mass is 19.4. The highest BCUT2D eigenvalue weighted by Gasteiger charge is 2.33. The van der Waals surface area contributed by atoms with Crippen LogP contribution in [-0.2, 0) is 19.3 Å². The van der Waals surface area contributed by atoms with Crippen molar-refractivity contribution < 1.29 is 18.0 Å². The Morgan fingerprint density at radius 2 is 1.88 bits per heavy atom. The number of aryl methyl sites for hydroxylation is 2. The van der Waals surface area contributed by atoms with Gasteiger partial charge in [-0.25, -0.2) is 9.97 Å². The molecular formula is C18H17F3N4O. The molecule has 8 heteroatoms. The Bertz CT molecular complexity index is 963. The number of benzene rings is 1. The summed E-state index contributed by atoms with van der Waals surface area (Å²) in [5.41, 5.74) is 0.912. The first kappa shape index (κ1) is 17.9. The van der Waals surface area contributed by atoms with E-state index in [4.69, 9.17) is 0 Å². The van der Waals surface area contributed by atoms with E-state index in [1.165, 1.54) is 6.92 Å². The predicted molar refractivity (Wildman–Crippen MR) is 90.6 cm³/mol. The molecule has 0 unspecified atom stereocenters. The lowest BCUT2D eigenvalue weighted by Crippen LogP contribution is -2.26. The van der Waals surface area contributed by atoms with Crippen LogP contribution >= 0.6 is 0 Å². The standard InChI is InChI=1S/C18H17F3N4O/c1-3-25-14-7-5-4-6-13(14)24-16(25)10-22-17(26)12-8-9-15(18(19,20)21)23-11(12)2/h4-9H,3,10H2,1-2H3,(H,22,26). The van der Waals surface area contributed by atoms with Crippen molar-refractivity contribution in [1.82, 2.24) is 19.9 Å². The number of nitrogens with one attached hydrogen (secondary N) is 1. The van der Waals surface area contributed by atoms with Crippen LogP contribution in [0.5, 0.6) is 0 Å². The minimum atomic E-state index is -4.54. The van der Waals surface area contributed by atoms with E-state index in [2.05, 4.69) is 15.3 Å². The van der Waals surface area contributed by atoms with Crippen molar-refractivity contribution in [3.8, 4) is 0 Å². The first-order valence-electron chi connectivity index (χ1n) is 8.08. The molecule has 0 radical (unpaired) electrons. The van der Waals surface area contributed by atoms with Crippen molar-refractivity contribution in [3.05, 3.63) is 59.2 Å². The zero-order valence-corrected chi connectivity index (χ0v) is 14.3. The van der Waals surface area contributed by atoms with Crippen molar-refractivity contribution in [1.29, 1.82) is 0 Å². The molecule has 1 aromatic carbocycles. The normalized spacial score (nSPS) is 11.7. The van der Waals surface area contributed by atoms with Crippen LogP contribution in [0.15, 0.2) is 36.4 Å². The van der Waals surface area contributed by atoms with Gasteiger partial charge >= 0.3 is 6.18 Å². The number of imidazole rings is 1. The fourth-order valence-corrected chi connectivity index (χ4v) is 2.83. The molecule has 26 heavy (non-hydrogen) atoms.